The second-order valence-electron chi connectivity index (χ2n) is 11.7. The minimum atomic E-state index is -0.407. The van der Waals surface area contributed by atoms with Gasteiger partial charge >= 0.3 is 5.97 Å². The molecule has 4 saturated carbocycles. The number of nitrogens with one attached hydrogen (secondary N) is 1. The Kier molecular flexibility index (Phi) is 5.32. The van der Waals surface area contributed by atoms with Gasteiger partial charge in [0.05, 0.1) is 12.0 Å². The molecule has 30 heavy (non-hydrogen) atoms. The molecule has 170 valence electrons. The highest BCUT2D eigenvalue weighted by atomic mass is 16.5. The van der Waals surface area contributed by atoms with E-state index in [1.54, 1.807) is 6.92 Å². The van der Waals surface area contributed by atoms with Gasteiger partial charge in [-0.25, -0.2) is 0 Å². The first kappa shape index (κ1) is 22.1. The molecule has 4 fully saturated rings. The number of ether oxygens (including phenoxy) is 1. The van der Waals surface area contributed by atoms with Crippen molar-refractivity contribution < 1.29 is 19.4 Å². The van der Waals surface area contributed by atoms with Gasteiger partial charge in [-0.15, -0.1) is 0 Å². The van der Waals surface area contributed by atoms with Crippen LogP contribution in [-0.2, 0) is 14.3 Å². The fourth-order valence-electron chi connectivity index (χ4n) is 9.34. The van der Waals surface area contributed by atoms with Gasteiger partial charge in [0, 0.05) is 25.5 Å². The van der Waals surface area contributed by atoms with Gasteiger partial charge in [-0.2, -0.15) is 0 Å². The van der Waals surface area contributed by atoms with Crippen LogP contribution in [0.2, 0.25) is 0 Å². The van der Waals surface area contributed by atoms with Crippen LogP contribution in [0.5, 0.6) is 0 Å². The van der Waals surface area contributed by atoms with Crippen LogP contribution < -0.4 is 5.32 Å². The molecule has 0 aliphatic heterocycles. The van der Waals surface area contributed by atoms with Gasteiger partial charge in [0.2, 0.25) is 5.91 Å². The molecule has 4 aliphatic rings. The number of amides is 1. The molecule has 5 heteroatoms. The van der Waals surface area contributed by atoms with Crippen molar-refractivity contribution in [2.24, 2.45) is 39.4 Å². The maximum absolute atomic E-state index is 13.1. The standard InChI is InChI=1S/C25H41NO4/c1-6-30-21(29)24(5)11-7-10-23(4)18(24)9-13-25-15-22(3,12-8-19(23)25)20(17(25)14-27)26-16(2)28/h17-20,27H,6-15H2,1-5H3,(H,26,28)/t17-,18+,19+,20-,22+,23-,24-,25-/m1/s1. The molecule has 2 bridgehead atoms. The number of esters is 1. The predicted molar refractivity (Wildman–Crippen MR) is 115 cm³/mol. The maximum atomic E-state index is 13.1. The van der Waals surface area contributed by atoms with E-state index in [0.717, 1.165) is 51.4 Å². The fourth-order valence-corrected chi connectivity index (χ4v) is 9.34. The van der Waals surface area contributed by atoms with Crippen LogP contribution in [0.1, 0.15) is 86.0 Å². The first-order chi connectivity index (χ1) is 14.1. The lowest BCUT2D eigenvalue weighted by molar-refractivity contribution is -0.193. The third kappa shape index (κ3) is 2.83. The zero-order chi connectivity index (χ0) is 21.9. The highest BCUT2D eigenvalue weighted by Gasteiger charge is 2.71. The van der Waals surface area contributed by atoms with Crippen molar-refractivity contribution in [3.8, 4) is 0 Å². The molecule has 0 aromatic rings. The number of carbonyl (C=O) groups excluding carboxylic acids is 2. The van der Waals surface area contributed by atoms with Gasteiger partial charge in [-0.3, -0.25) is 9.59 Å². The van der Waals surface area contributed by atoms with Crippen LogP contribution >= 0.6 is 0 Å². The molecule has 0 radical (unpaired) electrons. The molecular formula is C25H41NO4. The van der Waals surface area contributed by atoms with E-state index in [0.29, 0.717) is 18.4 Å². The summed E-state index contributed by atoms with van der Waals surface area (Å²) in [5.41, 5.74) is -0.210. The summed E-state index contributed by atoms with van der Waals surface area (Å²) in [6, 6.07) is 0.0465. The molecule has 4 aliphatic carbocycles. The van der Waals surface area contributed by atoms with Crippen LogP contribution in [-0.4, -0.2) is 36.2 Å². The highest BCUT2D eigenvalue weighted by molar-refractivity contribution is 5.77. The molecule has 1 spiro atoms. The Labute approximate surface area is 181 Å². The van der Waals surface area contributed by atoms with Crippen molar-refractivity contribution in [1.29, 1.82) is 0 Å². The Morgan fingerprint density at radius 3 is 2.40 bits per heavy atom. The fraction of sp³-hybridized carbons (Fsp3) is 0.920. The zero-order valence-electron chi connectivity index (χ0n) is 19.6. The van der Waals surface area contributed by atoms with Crippen LogP contribution in [0.3, 0.4) is 0 Å². The number of aliphatic hydroxyl groups is 1. The number of rotatable bonds is 4. The summed E-state index contributed by atoms with van der Waals surface area (Å²) < 4.78 is 5.57. The van der Waals surface area contributed by atoms with E-state index in [1.165, 1.54) is 0 Å². The first-order valence-electron chi connectivity index (χ1n) is 12.1. The summed E-state index contributed by atoms with van der Waals surface area (Å²) in [5.74, 6) is 0.914. The van der Waals surface area contributed by atoms with E-state index < -0.39 is 5.41 Å². The highest BCUT2D eigenvalue weighted by Crippen LogP contribution is 2.75. The Bertz CT molecular complexity index is 724. The molecule has 2 N–H and O–H groups in total. The smallest absolute Gasteiger partial charge is 0.312 e. The molecule has 0 unspecified atom stereocenters. The van der Waals surface area contributed by atoms with Gasteiger partial charge < -0.3 is 15.2 Å². The lowest BCUT2D eigenvalue weighted by Crippen LogP contribution is -2.60. The molecule has 0 saturated heterocycles. The largest absolute Gasteiger partial charge is 0.466 e. The van der Waals surface area contributed by atoms with Gasteiger partial charge in [-0.1, -0.05) is 20.3 Å². The van der Waals surface area contributed by atoms with Crippen LogP contribution in [0.15, 0.2) is 0 Å². The summed E-state index contributed by atoms with van der Waals surface area (Å²) in [6.45, 7) is 11.0. The van der Waals surface area contributed by atoms with E-state index in [9.17, 15) is 14.7 Å². The minimum Gasteiger partial charge on any atom is -0.466 e. The summed E-state index contributed by atoms with van der Waals surface area (Å²) in [6.07, 6.45) is 8.49. The first-order valence-corrected chi connectivity index (χ1v) is 12.1. The second-order valence-corrected chi connectivity index (χ2v) is 11.7. The Balaban J connectivity index is 1.73. The van der Waals surface area contributed by atoms with Crippen molar-refractivity contribution in [2.75, 3.05) is 13.2 Å². The monoisotopic (exact) mass is 419 g/mol. The molecule has 0 aromatic heterocycles. The summed E-state index contributed by atoms with van der Waals surface area (Å²) >= 11 is 0. The SMILES string of the molecule is CCOC(=O)[C@]1(C)CCC[C@@]2(C)[C@@H]3CC[C@@]4(C)C[C@]3(CC[C@@H]21)[C@H](CO)[C@H]4NC(C)=O. The minimum absolute atomic E-state index is 0.00706. The number of fused-ring (bicyclic) bond motifs is 3. The average molecular weight is 420 g/mol. The number of carbonyl (C=O) groups is 2. The normalized spacial score (nSPS) is 49.7. The molecular weight excluding hydrogens is 378 g/mol. The van der Waals surface area contributed by atoms with Gasteiger partial charge in [0.1, 0.15) is 0 Å². The van der Waals surface area contributed by atoms with Crippen molar-refractivity contribution in [3.63, 3.8) is 0 Å². The maximum Gasteiger partial charge on any atom is 0.312 e. The zero-order valence-corrected chi connectivity index (χ0v) is 19.6. The van der Waals surface area contributed by atoms with Crippen molar-refractivity contribution in [3.05, 3.63) is 0 Å². The molecule has 8 atom stereocenters. The predicted octanol–water partition coefficient (Wildman–Crippen LogP) is 4.08. The van der Waals surface area contributed by atoms with E-state index in [2.05, 4.69) is 26.1 Å². The Morgan fingerprint density at radius 1 is 1.07 bits per heavy atom. The topological polar surface area (TPSA) is 75.6 Å². The van der Waals surface area contributed by atoms with Gasteiger partial charge in [-0.05, 0) is 86.9 Å². The van der Waals surface area contributed by atoms with Gasteiger partial charge in [0.15, 0.2) is 0 Å². The van der Waals surface area contributed by atoms with Crippen LogP contribution in [0.4, 0.5) is 0 Å². The van der Waals surface area contributed by atoms with E-state index >= 15 is 0 Å². The van der Waals surface area contributed by atoms with Gasteiger partial charge in [0.25, 0.3) is 0 Å². The summed E-state index contributed by atoms with van der Waals surface area (Å²) in [7, 11) is 0. The number of aliphatic hydroxyl groups excluding tert-OH is 1. The van der Waals surface area contributed by atoms with E-state index in [4.69, 9.17) is 4.74 Å². The van der Waals surface area contributed by atoms with Crippen molar-refractivity contribution >= 4 is 11.9 Å². The number of hydrogen-bond acceptors (Lipinski definition) is 4. The third-order valence-electron chi connectivity index (χ3n) is 10.3. The number of hydrogen-bond donors (Lipinski definition) is 2. The molecule has 4 rings (SSSR count). The lowest BCUT2D eigenvalue weighted by atomic mass is 9.39. The molecule has 0 aromatic carbocycles. The second kappa shape index (κ2) is 7.21. The Morgan fingerprint density at radius 2 is 1.77 bits per heavy atom. The lowest BCUT2D eigenvalue weighted by Gasteiger charge is -2.65. The van der Waals surface area contributed by atoms with Crippen molar-refractivity contribution in [2.45, 2.75) is 92.0 Å². The third-order valence-corrected chi connectivity index (χ3v) is 10.3. The summed E-state index contributed by atoms with van der Waals surface area (Å²) in [4.78, 5) is 25.1. The van der Waals surface area contributed by atoms with E-state index in [1.807, 2.05) is 6.92 Å². The van der Waals surface area contributed by atoms with Crippen molar-refractivity contribution in [1.82, 2.24) is 5.32 Å². The molecule has 5 nitrogen and oxygen atoms in total. The van der Waals surface area contributed by atoms with Crippen LogP contribution in [0.25, 0.3) is 0 Å². The van der Waals surface area contributed by atoms with Crippen LogP contribution in [0, 0.1) is 39.4 Å². The Hall–Kier alpha value is -1.10. The summed E-state index contributed by atoms with van der Waals surface area (Å²) in [5, 5.41) is 13.8. The molecule has 1 amide bonds. The molecule has 0 heterocycles. The van der Waals surface area contributed by atoms with E-state index in [-0.39, 0.29) is 46.7 Å². The quantitative estimate of drug-likeness (QED) is 0.674. The average Bonchev–Trinajstić information content (AvgIpc) is 2.83.